The van der Waals surface area contributed by atoms with Gasteiger partial charge >= 0.3 is 5.97 Å². The minimum absolute atomic E-state index is 0.288. The zero-order valence-electron chi connectivity index (χ0n) is 24.8. The van der Waals surface area contributed by atoms with Crippen molar-refractivity contribution in [2.45, 2.75) is 113 Å². The van der Waals surface area contributed by atoms with E-state index in [2.05, 4.69) is 16.0 Å². The summed E-state index contributed by atoms with van der Waals surface area (Å²) in [4.78, 5) is 60.1. The van der Waals surface area contributed by atoms with Crippen LogP contribution in [0.25, 0.3) is 0 Å². The van der Waals surface area contributed by atoms with E-state index in [1.54, 1.807) is 0 Å². The predicted molar refractivity (Wildman–Crippen MR) is 146 cm³/mol. The third-order valence-electron chi connectivity index (χ3n) is 7.21. The minimum Gasteiger partial charge on any atom is -0.480 e. The van der Waals surface area contributed by atoms with Gasteiger partial charge in [0.1, 0.15) is 60.9 Å². The van der Waals surface area contributed by atoms with E-state index < -0.39 is 122 Å². The molecule has 0 aliphatic carbocycles. The molecule has 20 heteroatoms. The van der Waals surface area contributed by atoms with Gasteiger partial charge < -0.3 is 77.0 Å². The lowest BCUT2D eigenvalue weighted by Gasteiger charge is -2.48. The van der Waals surface area contributed by atoms with Crippen LogP contribution >= 0.6 is 0 Å². The Balaban J connectivity index is 2.25. The maximum atomic E-state index is 13.0. The number of rotatable bonds is 15. The van der Waals surface area contributed by atoms with Crippen LogP contribution in [-0.4, -0.2) is 153 Å². The number of aliphatic carboxylic acids is 1. The summed E-state index contributed by atoms with van der Waals surface area (Å²) in [5.74, 6) is -4.68. The number of carboxylic acid groups (broad SMARTS) is 1. The van der Waals surface area contributed by atoms with Gasteiger partial charge in [0, 0.05) is 13.3 Å². The number of amides is 4. The zero-order chi connectivity index (χ0) is 34.2. The topological polar surface area (TPSA) is 332 Å². The van der Waals surface area contributed by atoms with E-state index in [9.17, 15) is 54.6 Å². The summed E-state index contributed by atoms with van der Waals surface area (Å²) in [6.07, 6.45) is -14.3. The molecule has 45 heavy (non-hydrogen) atoms. The molecule has 0 aromatic heterocycles. The van der Waals surface area contributed by atoms with Crippen molar-refractivity contribution in [3.8, 4) is 0 Å². The first-order valence-corrected chi connectivity index (χ1v) is 14.0. The SMILES string of the molecule is CC(=O)N[C@@H]1[C@@H](OC(C)C(=O)N[C@@H](C)C(=O)N[C@H](CCC(N)=O)C(=O)O)[C@H](O[C@@H]2O[C@H](CO)[C@@H](O)[C@H](O)[C@H]2N)[C@@H](CO)O[C@@H]1O. The Morgan fingerprint density at radius 1 is 0.911 bits per heavy atom. The maximum Gasteiger partial charge on any atom is 0.326 e. The number of ether oxygens (including phenoxy) is 4. The number of nitrogens with two attached hydrogens (primary N) is 2. The van der Waals surface area contributed by atoms with Gasteiger partial charge in [-0.2, -0.15) is 0 Å². The average Bonchev–Trinajstić information content (AvgIpc) is 2.97. The fraction of sp³-hybridized carbons (Fsp3) is 0.800. The van der Waals surface area contributed by atoms with Crippen molar-refractivity contribution in [3.63, 3.8) is 0 Å². The number of carbonyl (C=O) groups excluding carboxylic acids is 4. The highest BCUT2D eigenvalue weighted by Crippen LogP contribution is 2.30. The molecule has 2 saturated heterocycles. The molecule has 2 fully saturated rings. The van der Waals surface area contributed by atoms with Gasteiger partial charge in [0.2, 0.25) is 23.6 Å². The Morgan fingerprint density at radius 2 is 1.53 bits per heavy atom. The summed E-state index contributed by atoms with van der Waals surface area (Å²) in [7, 11) is 0. The van der Waals surface area contributed by atoms with Gasteiger partial charge in [0.05, 0.1) is 19.3 Å². The van der Waals surface area contributed by atoms with Crippen molar-refractivity contribution < 1.29 is 73.6 Å². The summed E-state index contributed by atoms with van der Waals surface area (Å²) in [6, 6.07) is -5.59. The third kappa shape index (κ3) is 10.2. The Bertz CT molecular complexity index is 1050. The Hall–Kier alpha value is -3.05. The van der Waals surface area contributed by atoms with Gasteiger partial charge in [-0.3, -0.25) is 19.2 Å². The molecule has 20 nitrogen and oxygen atoms in total. The molecule has 258 valence electrons. The van der Waals surface area contributed by atoms with Crippen molar-refractivity contribution in [3.05, 3.63) is 0 Å². The molecular formula is C25H43N5O15. The lowest BCUT2D eigenvalue weighted by Crippen LogP contribution is -2.69. The maximum absolute atomic E-state index is 13.0. The quantitative estimate of drug-likeness (QED) is 0.0782. The van der Waals surface area contributed by atoms with Crippen molar-refractivity contribution in [1.82, 2.24) is 16.0 Å². The summed E-state index contributed by atoms with van der Waals surface area (Å²) < 4.78 is 22.7. The van der Waals surface area contributed by atoms with Crippen LogP contribution in [0.5, 0.6) is 0 Å². The molecular weight excluding hydrogens is 610 g/mol. The van der Waals surface area contributed by atoms with Crippen LogP contribution in [0.15, 0.2) is 0 Å². The third-order valence-corrected chi connectivity index (χ3v) is 7.21. The van der Waals surface area contributed by atoms with E-state index in [4.69, 9.17) is 30.4 Å². The van der Waals surface area contributed by atoms with E-state index in [-0.39, 0.29) is 12.8 Å². The summed E-state index contributed by atoms with van der Waals surface area (Å²) >= 11 is 0. The molecule has 0 aromatic rings. The largest absolute Gasteiger partial charge is 0.480 e. The number of hydrogen-bond donors (Lipinski definition) is 11. The molecule has 13 N–H and O–H groups in total. The number of aliphatic hydroxyl groups is 5. The molecule has 0 radical (unpaired) electrons. The molecule has 0 bridgehead atoms. The Kier molecular flexibility index (Phi) is 14.4. The van der Waals surface area contributed by atoms with Gasteiger partial charge in [-0.1, -0.05) is 0 Å². The van der Waals surface area contributed by atoms with Crippen LogP contribution in [-0.2, 0) is 42.9 Å². The summed E-state index contributed by atoms with van der Waals surface area (Å²) in [6.45, 7) is 2.09. The second-order valence-electron chi connectivity index (χ2n) is 10.7. The lowest BCUT2D eigenvalue weighted by atomic mass is 9.94. The van der Waals surface area contributed by atoms with Crippen molar-refractivity contribution in [1.29, 1.82) is 0 Å². The van der Waals surface area contributed by atoms with Crippen LogP contribution in [0, 0.1) is 0 Å². The number of carboxylic acids is 1. The molecule has 0 saturated carbocycles. The lowest BCUT2D eigenvalue weighted by molar-refractivity contribution is -0.331. The molecule has 2 aliphatic rings. The smallest absolute Gasteiger partial charge is 0.326 e. The van der Waals surface area contributed by atoms with Crippen molar-refractivity contribution in [2.75, 3.05) is 13.2 Å². The molecule has 2 rings (SSSR count). The number of aliphatic hydroxyl groups excluding tert-OH is 5. The number of carbonyl (C=O) groups is 5. The van der Waals surface area contributed by atoms with Gasteiger partial charge in [0.15, 0.2) is 12.6 Å². The molecule has 1 unspecified atom stereocenters. The second-order valence-corrected chi connectivity index (χ2v) is 10.7. The highest BCUT2D eigenvalue weighted by molar-refractivity contribution is 5.91. The normalized spacial score (nSPS) is 33.7. The van der Waals surface area contributed by atoms with Crippen LogP contribution in [0.2, 0.25) is 0 Å². The number of hydrogen-bond acceptors (Lipinski definition) is 15. The highest BCUT2D eigenvalue weighted by Gasteiger charge is 2.52. The zero-order valence-corrected chi connectivity index (χ0v) is 24.8. The number of primary amides is 1. The van der Waals surface area contributed by atoms with Crippen LogP contribution in [0.3, 0.4) is 0 Å². The molecule has 4 amide bonds. The minimum atomic E-state index is -1.79. The fourth-order valence-electron chi connectivity index (χ4n) is 4.70. The van der Waals surface area contributed by atoms with E-state index in [1.807, 2.05) is 0 Å². The molecule has 0 spiro atoms. The van der Waals surface area contributed by atoms with Gasteiger partial charge in [-0.15, -0.1) is 0 Å². The second kappa shape index (κ2) is 17.0. The van der Waals surface area contributed by atoms with Crippen molar-refractivity contribution >= 4 is 29.6 Å². The highest BCUT2D eigenvalue weighted by atomic mass is 16.7. The Morgan fingerprint density at radius 3 is 2.07 bits per heavy atom. The first-order valence-electron chi connectivity index (χ1n) is 14.0. The van der Waals surface area contributed by atoms with E-state index >= 15 is 0 Å². The average molecular weight is 654 g/mol. The number of nitrogens with one attached hydrogen (secondary N) is 3. The van der Waals surface area contributed by atoms with Gasteiger partial charge in [-0.05, 0) is 20.3 Å². The van der Waals surface area contributed by atoms with E-state index in [1.165, 1.54) is 13.8 Å². The first-order chi connectivity index (χ1) is 21.0. The predicted octanol–water partition coefficient (Wildman–Crippen LogP) is -6.53. The van der Waals surface area contributed by atoms with Crippen LogP contribution < -0.4 is 27.4 Å². The Labute approximate surface area is 257 Å². The van der Waals surface area contributed by atoms with E-state index in [0.29, 0.717) is 0 Å². The monoisotopic (exact) mass is 653 g/mol. The summed E-state index contributed by atoms with van der Waals surface area (Å²) in [5.41, 5.74) is 11.0. The standard InChI is InChI=1S/C25H43N5O15/c1-8(21(37)30-11(23(39)40)4-5-14(26)34)28-22(38)9(2)42-20-16(29-10(3)33)24(41)43-13(7-32)19(20)45-25-15(27)18(36)17(35)12(6-31)44-25/h8-9,11-13,15-20,24-25,31-32,35-36,41H,4-7,27H2,1-3H3,(H2,26,34)(H,28,38)(H,29,33)(H,30,37)(H,39,40)/t8-,9?,11+,12+,13+,15+,16+,17+,18+,19+,20+,24-,25-/m0/s1. The van der Waals surface area contributed by atoms with Gasteiger partial charge in [0.25, 0.3) is 0 Å². The van der Waals surface area contributed by atoms with Crippen molar-refractivity contribution in [2.24, 2.45) is 11.5 Å². The van der Waals surface area contributed by atoms with E-state index in [0.717, 1.165) is 6.92 Å². The first kappa shape index (κ1) is 38.1. The summed E-state index contributed by atoms with van der Waals surface area (Å²) in [5, 5.41) is 66.9. The molecule has 2 heterocycles. The van der Waals surface area contributed by atoms with Gasteiger partial charge in [-0.25, -0.2) is 4.79 Å². The fourth-order valence-corrected chi connectivity index (χ4v) is 4.70. The molecule has 0 aromatic carbocycles. The molecule has 2 aliphatic heterocycles. The molecule has 13 atom stereocenters. The van der Waals surface area contributed by atoms with Crippen LogP contribution in [0.1, 0.15) is 33.6 Å². The van der Waals surface area contributed by atoms with Crippen LogP contribution in [0.4, 0.5) is 0 Å².